The molecule has 0 atom stereocenters. The van der Waals surface area contributed by atoms with Crippen molar-refractivity contribution in [3.8, 4) is 11.1 Å². The first-order valence-corrected chi connectivity index (χ1v) is 7.64. The summed E-state index contributed by atoms with van der Waals surface area (Å²) in [4.78, 5) is 15.5. The Hall–Kier alpha value is -2.89. The third-order valence-electron chi connectivity index (χ3n) is 4.38. The Kier molecular flexibility index (Phi) is 3.04. The molecule has 0 unspecified atom stereocenters. The van der Waals surface area contributed by atoms with Gasteiger partial charge in [0.15, 0.2) is 11.3 Å². The van der Waals surface area contributed by atoms with E-state index in [2.05, 4.69) is 28.3 Å². The predicted octanol–water partition coefficient (Wildman–Crippen LogP) is 2.56. The zero-order chi connectivity index (χ0) is 16.0. The van der Waals surface area contributed by atoms with Gasteiger partial charge in [0, 0.05) is 5.56 Å². The molecule has 0 saturated carbocycles. The summed E-state index contributed by atoms with van der Waals surface area (Å²) in [6, 6.07) is 9.71. The molecule has 0 saturated heterocycles. The monoisotopic (exact) mass is 308 g/mol. The number of hydrogen-bond acceptors (Lipinski definition) is 4. The summed E-state index contributed by atoms with van der Waals surface area (Å²) in [6.07, 6.45) is 4.66. The highest BCUT2D eigenvalue weighted by Crippen LogP contribution is 2.30. The first-order valence-electron chi connectivity index (χ1n) is 7.64. The number of carboxylic acids is 1. The number of aromatic nitrogens is 3. The number of nitrogens with two attached hydrogens (primary N) is 1. The van der Waals surface area contributed by atoms with Gasteiger partial charge in [0.05, 0.1) is 0 Å². The summed E-state index contributed by atoms with van der Waals surface area (Å²) in [5, 5.41) is 13.3. The van der Waals surface area contributed by atoms with E-state index >= 15 is 0 Å². The molecule has 0 aliphatic heterocycles. The van der Waals surface area contributed by atoms with Gasteiger partial charge in [-0.2, -0.15) is 4.98 Å². The summed E-state index contributed by atoms with van der Waals surface area (Å²) in [7, 11) is 0. The molecule has 3 aromatic rings. The van der Waals surface area contributed by atoms with Gasteiger partial charge in [-0.1, -0.05) is 18.2 Å². The van der Waals surface area contributed by atoms with Crippen LogP contribution in [0.5, 0.6) is 0 Å². The summed E-state index contributed by atoms with van der Waals surface area (Å²) < 4.78 is 1.30. The largest absolute Gasteiger partial charge is 0.477 e. The molecule has 23 heavy (non-hydrogen) atoms. The van der Waals surface area contributed by atoms with E-state index in [-0.39, 0.29) is 11.6 Å². The van der Waals surface area contributed by atoms with Gasteiger partial charge in [0.1, 0.15) is 0 Å². The van der Waals surface area contributed by atoms with Gasteiger partial charge < -0.3 is 10.8 Å². The van der Waals surface area contributed by atoms with Gasteiger partial charge in [-0.25, -0.2) is 9.31 Å². The number of aromatic carboxylic acids is 1. The average Bonchev–Trinajstić information content (AvgIpc) is 2.94. The quantitative estimate of drug-likeness (QED) is 0.759. The van der Waals surface area contributed by atoms with Crippen LogP contribution in [0.1, 0.15) is 34.5 Å². The Morgan fingerprint density at radius 2 is 1.91 bits per heavy atom. The SMILES string of the molecule is Nc1nc2c(-c3ccc4c(c3)CCCC4)ccc(C(=O)O)n2n1. The van der Waals surface area contributed by atoms with Crippen molar-refractivity contribution in [1.82, 2.24) is 14.6 Å². The maximum Gasteiger partial charge on any atom is 0.354 e. The van der Waals surface area contributed by atoms with Crippen molar-refractivity contribution >= 4 is 17.6 Å². The molecule has 2 aromatic heterocycles. The van der Waals surface area contributed by atoms with Crippen LogP contribution in [-0.4, -0.2) is 25.7 Å². The highest BCUT2D eigenvalue weighted by molar-refractivity contribution is 5.89. The van der Waals surface area contributed by atoms with Crippen LogP contribution in [0.15, 0.2) is 30.3 Å². The molecule has 1 aliphatic rings. The Labute approximate surface area is 132 Å². The highest BCUT2D eigenvalue weighted by atomic mass is 16.4. The lowest BCUT2D eigenvalue weighted by Gasteiger charge is -2.16. The minimum Gasteiger partial charge on any atom is -0.477 e. The summed E-state index contributed by atoms with van der Waals surface area (Å²) in [6.45, 7) is 0. The third-order valence-corrected chi connectivity index (χ3v) is 4.38. The van der Waals surface area contributed by atoms with Gasteiger partial charge in [-0.15, -0.1) is 5.10 Å². The van der Waals surface area contributed by atoms with Crippen molar-refractivity contribution in [2.45, 2.75) is 25.7 Å². The van der Waals surface area contributed by atoms with Crippen LogP contribution < -0.4 is 5.73 Å². The summed E-state index contributed by atoms with van der Waals surface area (Å²) >= 11 is 0. The van der Waals surface area contributed by atoms with Crippen LogP contribution in [-0.2, 0) is 12.8 Å². The number of carbonyl (C=O) groups is 1. The number of rotatable bonds is 2. The number of carboxylic acid groups (broad SMARTS) is 1. The molecule has 2 heterocycles. The third kappa shape index (κ3) is 2.23. The van der Waals surface area contributed by atoms with Crippen LogP contribution in [0.25, 0.3) is 16.8 Å². The second-order valence-electron chi connectivity index (χ2n) is 5.83. The molecule has 0 radical (unpaired) electrons. The Bertz CT molecular complexity index is 930. The van der Waals surface area contributed by atoms with Crippen LogP contribution in [0.3, 0.4) is 0 Å². The molecule has 0 bridgehead atoms. The lowest BCUT2D eigenvalue weighted by Crippen LogP contribution is -2.07. The molecule has 0 spiro atoms. The van der Waals surface area contributed by atoms with Crippen molar-refractivity contribution in [3.05, 3.63) is 47.2 Å². The maximum absolute atomic E-state index is 11.3. The van der Waals surface area contributed by atoms with E-state index in [0.717, 1.165) is 24.0 Å². The van der Waals surface area contributed by atoms with Gasteiger partial charge in [-0.05, 0) is 54.5 Å². The number of nitrogens with zero attached hydrogens (tertiary/aromatic N) is 3. The van der Waals surface area contributed by atoms with E-state index in [1.807, 2.05) is 0 Å². The van der Waals surface area contributed by atoms with Crippen LogP contribution in [0.2, 0.25) is 0 Å². The molecule has 1 aliphatic carbocycles. The fraction of sp³-hybridized carbons (Fsp3) is 0.235. The second-order valence-corrected chi connectivity index (χ2v) is 5.83. The molecule has 0 amide bonds. The molecule has 6 heteroatoms. The number of fused-ring (bicyclic) bond motifs is 2. The molecule has 1 aromatic carbocycles. The number of pyridine rings is 1. The Balaban J connectivity index is 1.92. The number of anilines is 1. The molecule has 4 rings (SSSR count). The topological polar surface area (TPSA) is 93.5 Å². The molecular formula is C17H16N4O2. The van der Waals surface area contributed by atoms with Gasteiger partial charge in [0.2, 0.25) is 5.95 Å². The van der Waals surface area contributed by atoms with Crippen LogP contribution >= 0.6 is 0 Å². The maximum atomic E-state index is 11.3. The number of hydrogen-bond donors (Lipinski definition) is 2. The predicted molar refractivity (Wildman–Crippen MR) is 86.4 cm³/mol. The minimum absolute atomic E-state index is 0.0471. The summed E-state index contributed by atoms with van der Waals surface area (Å²) in [5.74, 6) is -0.991. The van der Waals surface area contributed by atoms with Gasteiger partial charge in [0.25, 0.3) is 0 Å². The normalized spacial score (nSPS) is 13.9. The lowest BCUT2D eigenvalue weighted by atomic mass is 9.89. The van der Waals surface area contributed by atoms with Crippen molar-refractivity contribution in [2.75, 3.05) is 5.73 Å². The first kappa shape index (κ1) is 13.8. The molecular weight excluding hydrogens is 292 g/mol. The second kappa shape index (κ2) is 5.08. The smallest absolute Gasteiger partial charge is 0.354 e. The van der Waals surface area contributed by atoms with E-state index in [4.69, 9.17) is 5.73 Å². The van der Waals surface area contributed by atoms with Crippen molar-refractivity contribution in [1.29, 1.82) is 0 Å². The van der Waals surface area contributed by atoms with Crippen LogP contribution in [0.4, 0.5) is 5.95 Å². The zero-order valence-corrected chi connectivity index (χ0v) is 12.5. The number of aryl methyl sites for hydroxylation is 2. The molecule has 0 fully saturated rings. The average molecular weight is 308 g/mol. The molecule has 3 N–H and O–H groups in total. The van der Waals surface area contributed by atoms with E-state index in [1.165, 1.54) is 34.6 Å². The van der Waals surface area contributed by atoms with E-state index < -0.39 is 5.97 Å². The lowest BCUT2D eigenvalue weighted by molar-refractivity contribution is 0.0687. The minimum atomic E-state index is -1.06. The van der Waals surface area contributed by atoms with E-state index in [0.29, 0.717) is 5.65 Å². The first-order chi connectivity index (χ1) is 11.1. The fourth-order valence-corrected chi connectivity index (χ4v) is 3.27. The standard InChI is InChI=1S/C17H16N4O2/c18-17-19-15-13(7-8-14(16(22)23)21(15)20-17)12-6-5-10-3-1-2-4-11(10)9-12/h5-9H,1-4H2,(H2,18,20)(H,22,23). The summed E-state index contributed by atoms with van der Waals surface area (Å²) in [5.41, 5.74) is 10.8. The Morgan fingerprint density at radius 1 is 1.13 bits per heavy atom. The fourth-order valence-electron chi connectivity index (χ4n) is 3.27. The molecule has 6 nitrogen and oxygen atoms in total. The van der Waals surface area contributed by atoms with Crippen molar-refractivity contribution in [3.63, 3.8) is 0 Å². The van der Waals surface area contributed by atoms with Gasteiger partial charge in [-0.3, -0.25) is 0 Å². The van der Waals surface area contributed by atoms with Crippen LogP contribution in [0, 0.1) is 0 Å². The Morgan fingerprint density at radius 3 is 2.70 bits per heavy atom. The van der Waals surface area contributed by atoms with Crippen molar-refractivity contribution in [2.24, 2.45) is 0 Å². The number of benzene rings is 1. The zero-order valence-electron chi connectivity index (χ0n) is 12.5. The molecule has 116 valence electrons. The van der Waals surface area contributed by atoms with E-state index in [9.17, 15) is 9.90 Å². The highest BCUT2D eigenvalue weighted by Gasteiger charge is 2.17. The van der Waals surface area contributed by atoms with Crippen molar-refractivity contribution < 1.29 is 9.90 Å². The van der Waals surface area contributed by atoms with E-state index in [1.54, 1.807) is 6.07 Å². The number of nitrogen functional groups attached to an aromatic ring is 1. The van der Waals surface area contributed by atoms with Gasteiger partial charge >= 0.3 is 5.97 Å².